The van der Waals surface area contributed by atoms with E-state index in [0.717, 1.165) is 23.0 Å². The summed E-state index contributed by atoms with van der Waals surface area (Å²) >= 11 is 3.38. The van der Waals surface area contributed by atoms with E-state index in [1.165, 1.54) is 12.1 Å². The van der Waals surface area contributed by atoms with Crippen LogP contribution in [-0.2, 0) is 11.3 Å². The lowest BCUT2D eigenvalue weighted by Gasteiger charge is -2.19. The summed E-state index contributed by atoms with van der Waals surface area (Å²) in [7, 11) is 0. The molecule has 0 unspecified atom stereocenters. The van der Waals surface area contributed by atoms with Gasteiger partial charge in [0.15, 0.2) is 0 Å². The summed E-state index contributed by atoms with van der Waals surface area (Å²) in [6, 6.07) is 4.60. The van der Waals surface area contributed by atoms with E-state index in [9.17, 15) is 9.18 Å². The Morgan fingerprint density at radius 3 is 2.71 bits per heavy atom. The summed E-state index contributed by atoms with van der Waals surface area (Å²) in [5.41, 5.74) is 0.390. The Morgan fingerprint density at radius 1 is 1.33 bits per heavy atom. The molecular formula is C15H22BrFN2O2. The molecule has 2 N–H and O–H groups in total. The number of hydrogen-bond acceptors (Lipinski definition) is 3. The van der Waals surface area contributed by atoms with Crippen LogP contribution in [0.1, 0.15) is 32.8 Å². The number of ether oxygens (including phenoxy) is 1. The van der Waals surface area contributed by atoms with Crippen LogP contribution in [-0.4, -0.2) is 24.8 Å². The van der Waals surface area contributed by atoms with Crippen molar-refractivity contribution in [1.29, 1.82) is 0 Å². The minimum atomic E-state index is -0.480. The molecule has 0 bridgehead atoms. The Balaban J connectivity index is 2.15. The van der Waals surface area contributed by atoms with Crippen LogP contribution in [0.2, 0.25) is 0 Å². The quantitative estimate of drug-likeness (QED) is 0.762. The fraction of sp³-hybridized carbons (Fsp3) is 0.533. The molecule has 1 aromatic rings. The Hall–Kier alpha value is -1.14. The van der Waals surface area contributed by atoms with Crippen molar-refractivity contribution < 1.29 is 13.9 Å². The van der Waals surface area contributed by atoms with Gasteiger partial charge in [0.1, 0.15) is 11.4 Å². The Morgan fingerprint density at radius 2 is 2.05 bits per heavy atom. The molecule has 0 spiro atoms. The average Bonchev–Trinajstić information content (AvgIpc) is 2.35. The maximum absolute atomic E-state index is 13.1. The van der Waals surface area contributed by atoms with E-state index in [4.69, 9.17) is 4.74 Å². The highest BCUT2D eigenvalue weighted by molar-refractivity contribution is 9.10. The van der Waals surface area contributed by atoms with E-state index in [0.29, 0.717) is 13.1 Å². The molecule has 0 radical (unpaired) electrons. The Labute approximate surface area is 133 Å². The lowest BCUT2D eigenvalue weighted by atomic mass is 10.2. The first-order chi connectivity index (χ1) is 9.78. The third-order valence-corrected chi connectivity index (χ3v) is 3.30. The minimum Gasteiger partial charge on any atom is -0.444 e. The van der Waals surface area contributed by atoms with Gasteiger partial charge in [-0.3, -0.25) is 0 Å². The van der Waals surface area contributed by atoms with Crippen molar-refractivity contribution in [3.05, 3.63) is 34.1 Å². The predicted octanol–water partition coefficient (Wildman–Crippen LogP) is 3.59. The summed E-state index contributed by atoms with van der Waals surface area (Å²) in [5, 5.41) is 5.89. The summed E-state index contributed by atoms with van der Waals surface area (Å²) in [5.74, 6) is -0.249. The number of amides is 1. The van der Waals surface area contributed by atoms with Crippen LogP contribution < -0.4 is 10.6 Å². The Kier molecular flexibility index (Phi) is 7.11. The fourth-order valence-electron chi connectivity index (χ4n) is 1.62. The van der Waals surface area contributed by atoms with E-state index >= 15 is 0 Å². The van der Waals surface area contributed by atoms with E-state index in [-0.39, 0.29) is 5.82 Å². The van der Waals surface area contributed by atoms with Gasteiger partial charge in [0.05, 0.1) is 0 Å². The third kappa shape index (κ3) is 8.02. The van der Waals surface area contributed by atoms with Crippen LogP contribution in [0.15, 0.2) is 22.7 Å². The number of benzene rings is 1. The van der Waals surface area contributed by atoms with Crippen molar-refractivity contribution in [1.82, 2.24) is 10.6 Å². The molecule has 4 nitrogen and oxygen atoms in total. The van der Waals surface area contributed by atoms with Crippen LogP contribution in [0, 0.1) is 5.82 Å². The largest absolute Gasteiger partial charge is 0.444 e. The summed E-state index contributed by atoms with van der Waals surface area (Å²) in [6.07, 6.45) is 0.363. The van der Waals surface area contributed by atoms with E-state index in [1.807, 2.05) is 20.8 Å². The van der Waals surface area contributed by atoms with Crippen LogP contribution in [0.25, 0.3) is 0 Å². The van der Waals surface area contributed by atoms with Gasteiger partial charge >= 0.3 is 6.09 Å². The van der Waals surface area contributed by atoms with E-state index in [1.54, 1.807) is 6.07 Å². The van der Waals surface area contributed by atoms with Crippen LogP contribution in [0.5, 0.6) is 0 Å². The van der Waals surface area contributed by atoms with Crippen LogP contribution >= 0.6 is 15.9 Å². The number of rotatable bonds is 6. The molecule has 1 aromatic carbocycles. The van der Waals surface area contributed by atoms with Crippen molar-refractivity contribution >= 4 is 22.0 Å². The monoisotopic (exact) mass is 360 g/mol. The van der Waals surface area contributed by atoms with Gasteiger partial charge in [-0.05, 0) is 57.5 Å². The highest BCUT2D eigenvalue weighted by Crippen LogP contribution is 2.17. The normalized spacial score (nSPS) is 11.3. The molecule has 0 saturated carbocycles. The summed E-state index contributed by atoms with van der Waals surface area (Å²) in [4.78, 5) is 11.4. The lowest BCUT2D eigenvalue weighted by Crippen LogP contribution is -2.33. The predicted molar refractivity (Wildman–Crippen MR) is 84.7 cm³/mol. The highest BCUT2D eigenvalue weighted by atomic mass is 79.9. The number of halogens is 2. The van der Waals surface area contributed by atoms with Gasteiger partial charge < -0.3 is 15.4 Å². The number of alkyl carbamates (subject to hydrolysis) is 1. The number of hydrogen-bond donors (Lipinski definition) is 2. The Bertz CT molecular complexity index is 475. The molecule has 6 heteroatoms. The van der Waals surface area contributed by atoms with Crippen molar-refractivity contribution in [2.75, 3.05) is 13.1 Å². The molecule has 0 heterocycles. The zero-order valence-corrected chi connectivity index (χ0v) is 14.2. The molecular weight excluding hydrogens is 339 g/mol. The van der Waals surface area contributed by atoms with Gasteiger partial charge in [0.25, 0.3) is 0 Å². The van der Waals surface area contributed by atoms with Gasteiger partial charge in [-0.1, -0.05) is 15.9 Å². The molecule has 0 aliphatic rings. The SMILES string of the molecule is CC(C)(C)OC(=O)NCCCNCc1cc(F)ccc1Br. The lowest BCUT2D eigenvalue weighted by molar-refractivity contribution is 0.0527. The molecule has 0 aromatic heterocycles. The minimum absolute atomic E-state index is 0.249. The first kappa shape index (κ1) is 17.9. The fourth-order valence-corrected chi connectivity index (χ4v) is 2.01. The van der Waals surface area contributed by atoms with Gasteiger partial charge in [-0.2, -0.15) is 0 Å². The molecule has 1 rings (SSSR count). The second-order valence-corrected chi connectivity index (χ2v) is 6.55. The smallest absolute Gasteiger partial charge is 0.407 e. The standard InChI is InChI=1S/C15H22BrFN2O2/c1-15(2,3)21-14(20)19-8-4-7-18-10-11-9-12(17)5-6-13(11)16/h5-6,9,18H,4,7-8,10H2,1-3H3,(H,19,20). The number of carbonyl (C=O) groups is 1. The van der Waals surface area contributed by atoms with Crippen molar-refractivity contribution in [3.8, 4) is 0 Å². The topological polar surface area (TPSA) is 50.4 Å². The zero-order valence-electron chi connectivity index (χ0n) is 12.6. The van der Waals surface area contributed by atoms with Crippen LogP contribution in [0.4, 0.5) is 9.18 Å². The third-order valence-electron chi connectivity index (χ3n) is 2.52. The first-order valence-electron chi connectivity index (χ1n) is 6.89. The van der Waals surface area contributed by atoms with Gasteiger partial charge in [-0.25, -0.2) is 9.18 Å². The van der Waals surface area contributed by atoms with Crippen molar-refractivity contribution in [2.24, 2.45) is 0 Å². The van der Waals surface area contributed by atoms with Crippen molar-refractivity contribution in [2.45, 2.75) is 39.3 Å². The zero-order chi connectivity index (χ0) is 15.9. The molecule has 0 fully saturated rings. The maximum Gasteiger partial charge on any atom is 0.407 e. The second-order valence-electron chi connectivity index (χ2n) is 5.69. The molecule has 0 atom stereocenters. The summed E-state index contributed by atoms with van der Waals surface area (Å²) in [6.45, 7) is 7.30. The van der Waals surface area contributed by atoms with Gasteiger partial charge in [-0.15, -0.1) is 0 Å². The number of carbonyl (C=O) groups excluding carboxylic acids is 1. The maximum atomic E-state index is 13.1. The molecule has 1 amide bonds. The molecule has 0 saturated heterocycles. The van der Waals surface area contributed by atoms with E-state index < -0.39 is 11.7 Å². The second kappa shape index (κ2) is 8.34. The summed E-state index contributed by atoms with van der Waals surface area (Å²) < 4.78 is 19.1. The van der Waals surface area contributed by atoms with E-state index in [2.05, 4.69) is 26.6 Å². The molecule has 0 aliphatic carbocycles. The van der Waals surface area contributed by atoms with Gasteiger partial charge in [0.2, 0.25) is 0 Å². The van der Waals surface area contributed by atoms with Gasteiger partial charge in [0, 0.05) is 17.6 Å². The van der Waals surface area contributed by atoms with Crippen molar-refractivity contribution in [3.63, 3.8) is 0 Å². The first-order valence-corrected chi connectivity index (χ1v) is 7.69. The highest BCUT2D eigenvalue weighted by Gasteiger charge is 2.15. The van der Waals surface area contributed by atoms with Crippen LogP contribution in [0.3, 0.4) is 0 Å². The molecule has 0 aliphatic heterocycles. The average molecular weight is 361 g/mol. The number of nitrogens with one attached hydrogen (secondary N) is 2. The molecule has 21 heavy (non-hydrogen) atoms. The molecule has 118 valence electrons.